The lowest BCUT2D eigenvalue weighted by molar-refractivity contribution is -0.144. The van der Waals surface area contributed by atoms with Crippen LogP contribution in [-0.2, 0) is 19.6 Å². The second-order valence-electron chi connectivity index (χ2n) is 5.21. The zero-order valence-corrected chi connectivity index (χ0v) is 13.0. The molecule has 0 spiro atoms. The fourth-order valence-electron chi connectivity index (χ4n) is 2.37. The van der Waals surface area contributed by atoms with E-state index in [9.17, 15) is 13.2 Å². The van der Waals surface area contributed by atoms with Gasteiger partial charge in [-0.2, -0.15) is 0 Å². The number of hydrogen-bond donors (Lipinski definition) is 1. The van der Waals surface area contributed by atoms with Crippen LogP contribution in [0.2, 0.25) is 0 Å². The number of hydrogen-bond acceptors (Lipinski definition) is 4. The number of rotatable bonds is 7. The van der Waals surface area contributed by atoms with Crippen molar-refractivity contribution in [2.24, 2.45) is 0 Å². The zero-order chi connectivity index (χ0) is 15.0. The Bertz CT molecular complexity index is 419. The van der Waals surface area contributed by atoms with Crippen LogP contribution in [0, 0.1) is 0 Å². The minimum Gasteiger partial charge on any atom is -0.458 e. The van der Waals surface area contributed by atoms with Crippen LogP contribution in [0.3, 0.4) is 0 Å². The number of carbonyl (C=O) groups is 1. The van der Waals surface area contributed by atoms with Crippen molar-refractivity contribution in [2.75, 3.05) is 5.75 Å². The summed E-state index contributed by atoms with van der Waals surface area (Å²) >= 11 is 0. The minimum absolute atomic E-state index is 0.127. The van der Waals surface area contributed by atoms with E-state index in [0.717, 1.165) is 31.8 Å². The monoisotopic (exact) mass is 303 g/mol. The van der Waals surface area contributed by atoms with E-state index in [2.05, 4.69) is 11.3 Å². The molecule has 0 radical (unpaired) electrons. The van der Waals surface area contributed by atoms with Crippen LogP contribution >= 0.6 is 0 Å². The molecule has 5 nitrogen and oxygen atoms in total. The van der Waals surface area contributed by atoms with Gasteiger partial charge >= 0.3 is 5.97 Å². The molecule has 0 heterocycles. The molecule has 1 N–H and O–H groups in total. The molecule has 0 aromatic heterocycles. The second kappa shape index (κ2) is 8.42. The highest BCUT2D eigenvalue weighted by Gasteiger charge is 2.29. The molecule has 20 heavy (non-hydrogen) atoms. The molecule has 2 unspecified atom stereocenters. The Labute approximate surface area is 121 Å². The summed E-state index contributed by atoms with van der Waals surface area (Å²) in [6.07, 6.45) is 6.54. The molecule has 116 valence electrons. The van der Waals surface area contributed by atoms with Crippen molar-refractivity contribution in [1.82, 2.24) is 4.72 Å². The molecule has 1 saturated carbocycles. The summed E-state index contributed by atoms with van der Waals surface area (Å²) in [5, 5.41) is 0. The molecule has 1 aliphatic rings. The molecule has 0 aliphatic heterocycles. The van der Waals surface area contributed by atoms with Crippen molar-refractivity contribution >= 4 is 16.0 Å². The molecule has 1 rings (SSSR count). The van der Waals surface area contributed by atoms with Crippen molar-refractivity contribution < 1.29 is 17.9 Å². The number of ether oxygens (including phenoxy) is 1. The number of unbranched alkanes of at least 4 members (excludes halogenated alkanes) is 1. The molecule has 6 heteroatoms. The normalized spacial score (nSPS) is 23.9. The molecule has 1 aliphatic carbocycles. The van der Waals surface area contributed by atoms with Crippen LogP contribution in [0.4, 0.5) is 0 Å². The molecule has 0 amide bonds. The summed E-state index contributed by atoms with van der Waals surface area (Å²) < 4.78 is 32.0. The van der Waals surface area contributed by atoms with Crippen LogP contribution in [0.5, 0.6) is 0 Å². The molecular formula is C14H25NO4S. The molecule has 1 fully saturated rings. The molecule has 0 saturated heterocycles. The fourth-order valence-corrected chi connectivity index (χ4v) is 3.89. The SMILES string of the molecule is C=CC(=O)OC1CCCCCC1NS(=O)(=O)CCCC. The Balaban J connectivity index is 2.70. The Morgan fingerprint density at radius 2 is 2.05 bits per heavy atom. The van der Waals surface area contributed by atoms with E-state index in [4.69, 9.17) is 4.74 Å². The molecule has 0 aromatic carbocycles. The van der Waals surface area contributed by atoms with Crippen LogP contribution in [0.25, 0.3) is 0 Å². The predicted molar refractivity (Wildman–Crippen MR) is 78.8 cm³/mol. The highest BCUT2D eigenvalue weighted by molar-refractivity contribution is 7.89. The van der Waals surface area contributed by atoms with Crippen molar-refractivity contribution in [3.8, 4) is 0 Å². The molecule has 0 bridgehead atoms. The summed E-state index contributed by atoms with van der Waals surface area (Å²) in [4.78, 5) is 11.4. The number of esters is 1. The van der Waals surface area contributed by atoms with Crippen molar-refractivity contribution in [2.45, 2.75) is 64.0 Å². The predicted octanol–water partition coefficient (Wildman–Crippen LogP) is 2.14. The topological polar surface area (TPSA) is 72.5 Å². The standard InChI is InChI=1S/C14H25NO4S/c1-3-5-11-20(17,18)15-12-9-7-6-8-10-13(12)19-14(16)4-2/h4,12-13,15H,2-3,5-11H2,1H3. The van der Waals surface area contributed by atoms with Gasteiger partial charge < -0.3 is 4.74 Å². The van der Waals surface area contributed by atoms with Gasteiger partial charge in [0.2, 0.25) is 10.0 Å². The van der Waals surface area contributed by atoms with Gasteiger partial charge in [-0.1, -0.05) is 32.8 Å². The first-order chi connectivity index (χ1) is 9.48. The lowest BCUT2D eigenvalue weighted by Gasteiger charge is -2.25. The van der Waals surface area contributed by atoms with E-state index in [-0.39, 0.29) is 17.9 Å². The Morgan fingerprint density at radius 3 is 2.70 bits per heavy atom. The van der Waals surface area contributed by atoms with Gasteiger partial charge in [-0.25, -0.2) is 17.9 Å². The zero-order valence-electron chi connectivity index (χ0n) is 12.1. The third kappa shape index (κ3) is 6.05. The smallest absolute Gasteiger partial charge is 0.330 e. The van der Waals surface area contributed by atoms with E-state index in [1.54, 1.807) is 0 Å². The van der Waals surface area contributed by atoms with E-state index in [1.807, 2.05) is 6.92 Å². The summed E-state index contributed by atoms with van der Waals surface area (Å²) in [6.45, 7) is 5.33. The largest absolute Gasteiger partial charge is 0.458 e. The van der Waals surface area contributed by atoms with E-state index < -0.39 is 16.0 Å². The number of carbonyl (C=O) groups excluding carboxylic acids is 1. The van der Waals surface area contributed by atoms with Crippen molar-refractivity contribution in [3.05, 3.63) is 12.7 Å². The fraction of sp³-hybridized carbons (Fsp3) is 0.786. The van der Waals surface area contributed by atoms with Gasteiger partial charge in [-0.15, -0.1) is 0 Å². The van der Waals surface area contributed by atoms with Gasteiger partial charge in [0, 0.05) is 6.08 Å². The summed E-state index contributed by atoms with van der Waals surface area (Å²) in [7, 11) is -3.30. The van der Waals surface area contributed by atoms with Gasteiger partial charge in [0.05, 0.1) is 11.8 Å². The maximum atomic E-state index is 12.0. The van der Waals surface area contributed by atoms with Crippen LogP contribution in [0.1, 0.15) is 51.9 Å². The minimum atomic E-state index is -3.30. The Kier molecular flexibility index (Phi) is 7.23. The average molecular weight is 303 g/mol. The highest BCUT2D eigenvalue weighted by atomic mass is 32.2. The van der Waals surface area contributed by atoms with Crippen LogP contribution in [-0.4, -0.2) is 32.3 Å². The van der Waals surface area contributed by atoms with Gasteiger partial charge in [-0.05, 0) is 25.7 Å². The quantitative estimate of drug-likeness (QED) is 0.444. The van der Waals surface area contributed by atoms with E-state index in [1.165, 1.54) is 0 Å². The summed E-state index contributed by atoms with van der Waals surface area (Å²) in [5.41, 5.74) is 0. The summed E-state index contributed by atoms with van der Waals surface area (Å²) in [5.74, 6) is -0.364. The van der Waals surface area contributed by atoms with E-state index >= 15 is 0 Å². The Hall–Kier alpha value is -0.880. The lowest BCUT2D eigenvalue weighted by Crippen LogP contribution is -2.45. The highest BCUT2D eigenvalue weighted by Crippen LogP contribution is 2.21. The molecule has 2 atom stereocenters. The number of sulfonamides is 1. The van der Waals surface area contributed by atoms with Gasteiger partial charge in [-0.3, -0.25) is 0 Å². The first kappa shape index (κ1) is 17.2. The van der Waals surface area contributed by atoms with Crippen molar-refractivity contribution in [1.29, 1.82) is 0 Å². The second-order valence-corrected chi connectivity index (χ2v) is 7.09. The third-order valence-electron chi connectivity index (χ3n) is 3.48. The summed E-state index contributed by atoms with van der Waals surface area (Å²) in [6, 6.07) is -0.316. The van der Waals surface area contributed by atoms with Crippen LogP contribution < -0.4 is 4.72 Å². The lowest BCUT2D eigenvalue weighted by atomic mass is 10.1. The average Bonchev–Trinajstić information content (AvgIpc) is 2.62. The molecular weight excluding hydrogens is 278 g/mol. The first-order valence-electron chi connectivity index (χ1n) is 7.31. The first-order valence-corrected chi connectivity index (χ1v) is 8.96. The van der Waals surface area contributed by atoms with Crippen molar-refractivity contribution in [3.63, 3.8) is 0 Å². The van der Waals surface area contributed by atoms with Crippen LogP contribution in [0.15, 0.2) is 12.7 Å². The van der Waals surface area contributed by atoms with Gasteiger partial charge in [0.15, 0.2) is 0 Å². The maximum absolute atomic E-state index is 12.0. The van der Waals surface area contributed by atoms with Gasteiger partial charge in [0.1, 0.15) is 6.10 Å². The maximum Gasteiger partial charge on any atom is 0.330 e. The number of nitrogens with one attached hydrogen (secondary N) is 1. The third-order valence-corrected chi connectivity index (χ3v) is 4.97. The van der Waals surface area contributed by atoms with Gasteiger partial charge in [0.25, 0.3) is 0 Å². The Morgan fingerprint density at radius 1 is 1.35 bits per heavy atom. The molecule has 0 aromatic rings. The van der Waals surface area contributed by atoms with E-state index in [0.29, 0.717) is 19.3 Å².